The number of thiophene rings is 1. The maximum absolute atomic E-state index is 13.0. The molecule has 0 N–H and O–H groups in total. The van der Waals surface area contributed by atoms with E-state index in [1.165, 1.54) is 24.2 Å². The minimum atomic E-state index is 0.0402. The number of carbonyl (C=O) groups excluding carboxylic acids is 1. The molecular formula is C18H23N3O2S. The van der Waals surface area contributed by atoms with E-state index in [1.54, 1.807) is 0 Å². The smallest absolute Gasteiger partial charge is 0.264 e. The van der Waals surface area contributed by atoms with E-state index in [9.17, 15) is 9.59 Å². The summed E-state index contributed by atoms with van der Waals surface area (Å²) in [5, 5.41) is 0.656. The van der Waals surface area contributed by atoms with Gasteiger partial charge in [-0.05, 0) is 38.2 Å². The van der Waals surface area contributed by atoms with Crippen LogP contribution in [0.4, 0.5) is 0 Å². The summed E-state index contributed by atoms with van der Waals surface area (Å²) in [5.41, 5.74) is 0.862. The molecule has 0 atom stereocenters. The fraction of sp³-hybridized carbons (Fsp3) is 0.611. The number of hydrogen-bond donors (Lipinski definition) is 0. The molecule has 2 aromatic rings. The van der Waals surface area contributed by atoms with Crippen LogP contribution in [0.15, 0.2) is 4.79 Å². The van der Waals surface area contributed by atoms with Crippen LogP contribution in [0.3, 0.4) is 0 Å². The van der Waals surface area contributed by atoms with Gasteiger partial charge in [0.2, 0.25) is 0 Å². The Morgan fingerprint density at radius 1 is 1.04 bits per heavy atom. The molecule has 4 rings (SSSR count). The molecule has 0 spiro atoms. The summed E-state index contributed by atoms with van der Waals surface area (Å²) < 4.78 is 1.81. The number of amides is 1. The summed E-state index contributed by atoms with van der Waals surface area (Å²) in [6.45, 7) is 4.31. The fourth-order valence-electron chi connectivity index (χ4n) is 3.85. The lowest BCUT2D eigenvalue weighted by atomic mass is 10.1. The monoisotopic (exact) mass is 345 g/mol. The number of likely N-dealkylation sites (tertiary alicyclic amines) is 1. The molecule has 6 heteroatoms. The van der Waals surface area contributed by atoms with Gasteiger partial charge in [-0.15, -0.1) is 11.3 Å². The Balaban J connectivity index is 1.79. The Hall–Kier alpha value is -1.69. The molecule has 2 aliphatic heterocycles. The molecule has 1 fully saturated rings. The van der Waals surface area contributed by atoms with Crippen LogP contribution < -0.4 is 5.56 Å². The first-order valence-electron chi connectivity index (χ1n) is 8.99. The van der Waals surface area contributed by atoms with E-state index in [4.69, 9.17) is 4.98 Å². The molecule has 24 heavy (non-hydrogen) atoms. The van der Waals surface area contributed by atoms with Gasteiger partial charge >= 0.3 is 0 Å². The van der Waals surface area contributed by atoms with Gasteiger partial charge in [0, 0.05) is 26.1 Å². The van der Waals surface area contributed by atoms with Crippen LogP contribution >= 0.6 is 11.3 Å². The normalized spacial score (nSPS) is 18.5. The minimum absolute atomic E-state index is 0.0402. The van der Waals surface area contributed by atoms with Gasteiger partial charge < -0.3 is 4.90 Å². The van der Waals surface area contributed by atoms with Crippen molar-refractivity contribution in [3.05, 3.63) is 26.6 Å². The van der Waals surface area contributed by atoms with Crippen molar-refractivity contribution >= 4 is 27.5 Å². The maximum atomic E-state index is 13.0. The van der Waals surface area contributed by atoms with Crippen LogP contribution in [0.25, 0.3) is 10.2 Å². The number of aryl methyl sites for hydroxylation is 2. The summed E-state index contributed by atoms with van der Waals surface area (Å²) in [6.07, 6.45) is 7.52. The van der Waals surface area contributed by atoms with Crippen LogP contribution in [0, 0.1) is 6.92 Å². The van der Waals surface area contributed by atoms with Crippen molar-refractivity contribution in [3.8, 4) is 0 Å². The zero-order valence-electron chi connectivity index (χ0n) is 14.1. The van der Waals surface area contributed by atoms with E-state index in [0.29, 0.717) is 10.3 Å². The zero-order chi connectivity index (χ0) is 16.7. The van der Waals surface area contributed by atoms with E-state index < -0.39 is 0 Å². The van der Waals surface area contributed by atoms with Crippen molar-refractivity contribution in [3.63, 3.8) is 0 Å². The van der Waals surface area contributed by atoms with Crippen molar-refractivity contribution < 1.29 is 4.79 Å². The molecule has 0 radical (unpaired) electrons. The molecule has 128 valence electrons. The van der Waals surface area contributed by atoms with Crippen molar-refractivity contribution in [1.82, 2.24) is 14.5 Å². The first-order chi connectivity index (χ1) is 11.7. The topological polar surface area (TPSA) is 55.2 Å². The molecule has 0 aliphatic carbocycles. The number of rotatable bonds is 1. The van der Waals surface area contributed by atoms with E-state index in [-0.39, 0.29) is 11.5 Å². The third kappa shape index (κ3) is 2.57. The molecule has 1 saturated heterocycles. The Morgan fingerprint density at radius 3 is 2.50 bits per heavy atom. The average Bonchev–Trinajstić information content (AvgIpc) is 2.78. The number of nitrogens with zero attached hydrogens (tertiary/aromatic N) is 3. The minimum Gasteiger partial charge on any atom is -0.338 e. The highest BCUT2D eigenvalue weighted by Crippen LogP contribution is 2.30. The van der Waals surface area contributed by atoms with Gasteiger partial charge in [-0.1, -0.05) is 12.8 Å². The number of hydrogen-bond acceptors (Lipinski definition) is 4. The molecule has 0 saturated carbocycles. The standard InChI is InChI=1S/C18H23N3O2S/c1-12-14-16(19-13-8-4-7-11-21(13)17(14)22)24-15(12)18(23)20-9-5-2-3-6-10-20/h2-11H2,1H3. The zero-order valence-corrected chi connectivity index (χ0v) is 15.0. The molecular weight excluding hydrogens is 322 g/mol. The van der Waals surface area contributed by atoms with Gasteiger partial charge in [0.1, 0.15) is 10.7 Å². The number of fused-ring (bicyclic) bond motifs is 2. The van der Waals surface area contributed by atoms with Crippen LogP contribution in [0.5, 0.6) is 0 Å². The Morgan fingerprint density at radius 2 is 1.75 bits per heavy atom. The molecule has 0 unspecified atom stereocenters. The van der Waals surface area contributed by atoms with Crippen molar-refractivity contribution in [2.75, 3.05) is 13.1 Å². The molecule has 0 bridgehead atoms. The van der Waals surface area contributed by atoms with Gasteiger partial charge in [-0.25, -0.2) is 4.98 Å². The number of carbonyl (C=O) groups is 1. The van der Waals surface area contributed by atoms with E-state index >= 15 is 0 Å². The fourth-order valence-corrected chi connectivity index (χ4v) is 5.01. The molecule has 0 aromatic carbocycles. The Labute approximate surface area is 145 Å². The molecule has 4 heterocycles. The molecule has 2 aromatic heterocycles. The summed E-state index contributed by atoms with van der Waals surface area (Å²) in [5.74, 6) is 0.966. The maximum Gasteiger partial charge on any atom is 0.264 e. The van der Waals surface area contributed by atoms with Gasteiger partial charge in [0.05, 0.1) is 10.3 Å². The van der Waals surface area contributed by atoms with E-state index in [2.05, 4.69) is 0 Å². The highest BCUT2D eigenvalue weighted by molar-refractivity contribution is 7.20. The summed E-state index contributed by atoms with van der Waals surface area (Å²) in [7, 11) is 0. The van der Waals surface area contributed by atoms with E-state index in [0.717, 1.165) is 68.0 Å². The summed E-state index contributed by atoms with van der Waals surface area (Å²) in [4.78, 5) is 34.0. The summed E-state index contributed by atoms with van der Waals surface area (Å²) in [6, 6.07) is 0. The Bertz CT molecular complexity index is 844. The van der Waals surface area contributed by atoms with E-state index in [1.807, 2.05) is 16.4 Å². The highest BCUT2D eigenvalue weighted by Gasteiger charge is 2.25. The molecule has 2 aliphatic rings. The third-order valence-corrected chi connectivity index (χ3v) is 6.42. The second-order valence-electron chi connectivity index (χ2n) is 6.88. The quantitative estimate of drug-likeness (QED) is 0.798. The van der Waals surface area contributed by atoms with Gasteiger partial charge in [0.25, 0.3) is 11.5 Å². The van der Waals surface area contributed by atoms with Crippen LogP contribution in [-0.4, -0.2) is 33.4 Å². The van der Waals surface area contributed by atoms with Crippen molar-refractivity contribution in [2.24, 2.45) is 0 Å². The molecule has 1 amide bonds. The average molecular weight is 345 g/mol. The predicted octanol–water partition coefficient (Wildman–Crippen LogP) is 3.12. The first-order valence-corrected chi connectivity index (χ1v) is 9.80. The first kappa shape index (κ1) is 15.8. The SMILES string of the molecule is Cc1c(C(=O)N2CCCCCC2)sc2nc3n(c(=O)c12)CCCC3. The van der Waals surface area contributed by atoms with Crippen LogP contribution in [-0.2, 0) is 13.0 Å². The van der Waals surface area contributed by atoms with Gasteiger partial charge in [0.15, 0.2) is 0 Å². The highest BCUT2D eigenvalue weighted by atomic mass is 32.1. The second-order valence-corrected chi connectivity index (χ2v) is 7.88. The largest absolute Gasteiger partial charge is 0.338 e. The van der Waals surface area contributed by atoms with Crippen LogP contribution in [0.2, 0.25) is 0 Å². The predicted molar refractivity (Wildman–Crippen MR) is 95.9 cm³/mol. The summed E-state index contributed by atoms with van der Waals surface area (Å²) >= 11 is 1.40. The number of aromatic nitrogens is 2. The third-order valence-electron chi connectivity index (χ3n) is 5.25. The lowest BCUT2D eigenvalue weighted by molar-refractivity contribution is 0.0766. The molecule has 5 nitrogen and oxygen atoms in total. The van der Waals surface area contributed by atoms with Crippen molar-refractivity contribution in [2.45, 2.75) is 58.4 Å². The Kier molecular flexibility index (Phi) is 4.16. The lowest BCUT2D eigenvalue weighted by Crippen LogP contribution is -2.31. The lowest BCUT2D eigenvalue weighted by Gasteiger charge is -2.19. The van der Waals surface area contributed by atoms with Crippen LogP contribution in [0.1, 0.15) is 59.6 Å². The second kappa shape index (κ2) is 6.31. The van der Waals surface area contributed by atoms with Gasteiger partial charge in [-0.3, -0.25) is 14.2 Å². The van der Waals surface area contributed by atoms with Crippen molar-refractivity contribution in [1.29, 1.82) is 0 Å². The van der Waals surface area contributed by atoms with Gasteiger partial charge in [-0.2, -0.15) is 0 Å².